The van der Waals surface area contributed by atoms with Crippen LogP contribution in [0.5, 0.6) is 0 Å². The predicted molar refractivity (Wildman–Crippen MR) is 62.6 cm³/mol. The minimum absolute atomic E-state index is 0.312. The van der Waals surface area contributed by atoms with E-state index in [1.54, 1.807) is 0 Å². The number of aryl methyl sites for hydroxylation is 1. The molecule has 14 heavy (non-hydrogen) atoms. The zero-order valence-electron chi connectivity index (χ0n) is 8.83. The molecule has 1 atom stereocenters. The predicted octanol–water partition coefficient (Wildman–Crippen LogP) is 3.50. The number of hydrogen-bond acceptors (Lipinski definition) is 2. The van der Waals surface area contributed by atoms with Gasteiger partial charge in [-0.25, -0.2) is 0 Å². The van der Waals surface area contributed by atoms with E-state index in [4.69, 9.17) is 5.73 Å². The summed E-state index contributed by atoms with van der Waals surface area (Å²) in [7, 11) is 0. The van der Waals surface area contributed by atoms with E-state index in [1.807, 2.05) is 11.3 Å². The van der Waals surface area contributed by atoms with Crippen LogP contribution < -0.4 is 5.73 Å². The van der Waals surface area contributed by atoms with E-state index >= 15 is 0 Å². The summed E-state index contributed by atoms with van der Waals surface area (Å²) in [5.74, 6) is 0.749. The summed E-state index contributed by atoms with van der Waals surface area (Å²) >= 11 is 1.84. The fraction of sp³-hybridized carbons (Fsp3) is 0.667. The maximum absolute atomic E-state index is 6.33. The molecule has 1 aromatic heterocycles. The van der Waals surface area contributed by atoms with Crippen LogP contribution in [-0.4, -0.2) is 0 Å². The van der Waals surface area contributed by atoms with Crippen molar-refractivity contribution in [1.29, 1.82) is 0 Å². The van der Waals surface area contributed by atoms with Gasteiger partial charge in [-0.1, -0.05) is 19.8 Å². The van der Waals surface area contributed by atoms with Gasteiger partial charge in [-0.05, 0) is 42.2 Å². The highest BCUT2D eigenvalue weighted by Gasteiger charge is 2.25. The minimum atomic E-state index is 0.312. The smallest absolute Gasteiger partial charge is 0.0421 e. The molecule has 2 rings (SSSR count). The molecule has 1 unspecified atom stereocenters. The molecule has 0 bridgehead atoms. The lowest BCUT2D eigenvalue weighted by Crippen LogP contribution is -2.19. The van der Waals surface area contributed by atoms with Crippen molar-refractivity contribution in [3.05, 3.63) is 21.9 Å². The molecule has 0 spiro atoms. The molecule has 1 aliphatic carbocycles. The van der Waals surface area contributed by atoms with E-state index in [0.717, 1.165) is 12.3 Å². The molecule has 0 aromatic carbocycles. The van der Waals surface area contributed by atoms with Gasteiger partial charge < -0.3 is 5.73 Å². The van der Waals surface area contributed by atoms with Gasteiger partial charge in [0.15, 0.2) is 0 Å². The van der Waals surface area contributed by atoms with E-state index in [2.05, 4.69) is 18.4 Å². The van der Waals surface area contributed by atoms with Crippen LogP contribution in [0.15, 0.2) is 11.4 Å². The van der Waals surface area contributed by atoms with Crippen LogP contribution in [0.2, 0.25) is 0 Å². The van der Waals surface area contributed by atoms with Crippen LogP contribution in [0, 0.1) is 5.92 Å². The van der Waals surface area contributed by atoms with E-state index < -0.39 is 0 Å². The van der Waals surface area contributed by atoms with Gasteiger partial charge in [0, 0.05) is 10.9 Å². The standard InChI is InChI=1S/C12H19NS/c1-2-9-7-8-14-12(9)11(13)10-5-3-4-6-10/h7-8,10-11H,2-6,13H2,1H3. The summed E-state index contributed by atoms with van der Waals surface area (Å²) in [5.41, 5.74) is 7.80. The van der Waals surface area contributed by atoms with E-state index in [1.165, 1.54) is 36.1 Å². The highest BCUT2D eigenvalue weighted by Crippen LogP contribution is 2.37. The average Bonchev–Trinajstić information content (AvgIpc) is 2.87. The van der Waals surface area contributed by atoms with Crippen LogP contribution >= 0.6 is 11.3 Å². The fourth-order valence-corrected chi connectivity index (χ4v) is 3.55. The lowest BCUT2D eigenvalue weighted by Gasteiger charge is -2.18. The summed E-state index contributed by atoms with van der Waals surface area (Å²) in [6.07, 6.45) is 6.56. The Bertz CT molecular complexity index is 286. The molecule has 1 saturated carbocycles. The monoisotopic (exact) mass is 209 g/mol. The molecule has 2 N–H and O–H groups in total. The Morgan fingerprint density at radius 1 is 1.50 bits per heavy atom. The second-order valence-corrected chi connectivity index (χ2v) is 5.18. The molecule has 78 valence electrons. The van der Waals surface area contributed by atoms with Crippen LogP contribution in [0.25, 0.3) is 0 Å². The van der Waals surface area contributed by atoms with Crippen LogP contribution in [0.4, 0.5) is 0 Å². The minimum Gasteiger partial charge on any atom is -0.323 e. The third-order valence-corrected chi connectivity index (χ3v) is 4.43. The van der Waals surface area contributed by atoms with E-state index in [-0.39, 0.29) is 0 Å². The molecule has 1 nitrogen and oxygen atoms in total. The normalized spacial score (nSPS) is 20.1. The SMILES string of the molecule is CCc1ccsc1C(N)C1CCCC1. The van der Waals surface area contributed by atoms with Gasteiger partial charge in [0.25, 0.3) is 0 Å². The zero-order chi connectivity index (χ0) is 9.97. The Labute approximate surface area is 90.3 Å². The van der Waals surface area contributed by atoms with E-state index in [0.29, 0.717) is 6.04 Å². The highest BCUT2D eigenvalue weighted by atomic mass is 32.1. The lowest BCUT2D eigenvalue weighted by molar-refractivity contribution is 0.448. The van der Waals surface area contributed by atoms with Crippen molar-refractivity contribution in [3.8, 4) is 0 Å². The number of rotatable bonds is 3. The molecule has 1 aromatic rings. The van der Waals surface area contributed by atoms with Gasteiger partial charge in [0.1, 0.15) is 0 Å². The van der Waals surface area contributed by atoms with Gasteiger partial charge in [0.2, 0.25) is 0 Å². The van der Waals surface area contributed by atoms with Gasteiger partial charge >= 0.3 is 0 Å². The summed E-state index contributed by atoms with van der Waals surface area (Å²) in [6.45, 7) is 2.22. The first-order chi connectivity index (χ1) is 6.83. The molecule has 0 radical (unpaired) electrons. The second-order valence-electron chi connectivity index (χ2n) is 4.23. The zero-order valence-corrected chi connectivity index (χ0v) is 9.65. The summed E-state index contributed by atoms with van der Waals surface area (Å²) in [4.78, 5) is 1.44. The fourth-order valence-electron chi connectivity index (χ4n) is 2.46. The second kappa shape index (κ2) is 4.45. The topological polar surface area (TPSA) is 26.0 Å². The van der Waals surface area contributed by atoms with Crippen molar-refractivity contribution in [2.24, 2.45) is 11.7 Å². The van der Waals surface area contributed by atoms with Crippen molar-refractivity contribution < 1.29 is 0 Å². The Balaban J connectivity index is 2.12. The molecule has 0 amide bonds. The average molecular weight is 209 g/mol. The van der Waals surface area contributed by atoms with Crippen molar-refractivity contribution in [2.75, 3.05) is 0 Å². The summed E-state index contributed by atoms with van der Waals surface area (Å²) in [5, 5.41) is 2.18. The quantitative estimate of drug-likeness (QED) is 0.810. The van der Waals surface area contributed by atoms with E-state index in [9.17, 15) is 0 Å². The molecule has 2 heteroatoms. The molecule has 0 aliphatic heterocycles. The Morgan fingerprint density at radius 3 is 2.86 bits per heavy atom. The molecular weight excluding hydrogens is 190 g/mol. The van der Waals surface area contributed by atoms with Crippen molar-refractivity contribution in [1.82, 2.24) is 0 Å². The molecule has 1 aliphatic rings. The molecule has 1 heterocycles. The van der Waals surface area contributed by atoms with Crippen molar-refractivity contribution in [3.63, 3.8) is 0 Å². The van der Waals surface area contributed by atoms with Gasteiger partial charge in [-0.3, -0.25) is 0 Å². The maximum atomic E-state index is 6.33. The third kappa shape index (κ3) is 1.86. The van der Waals surface area contributed by atoms with Gasteiger partial charge in [-0.15, -0.1) is 11.3 Å². The lowest BCUT2D eigenvalue weighted by atomic mass is 9.95. The maximum Gasteiger partial charge on any atom is 0.0421 e. The molecular formula is C12H19NS. The van der Waals surface area contributed by atoms with Gasteiger partial charge in [0.05, 0.1) is 0 Å². The Hall–Kier alpha value is -0.340. The first-order valence-corrected chi connectivity index (χ1v) is 6.52. The van der Waals surface area contributed by atoms with Crippen LogP contribution in [-0.2, 0) is 6.42 Å². The third-order valence-electron chi connectivity index (χ3n) is 3.37. The number of thiophene rings is 1. The van der Waals surface area contributed by atoms with Crippen molar-refractivity contribution in [2.45, 2.75) is 45.1 Å². The first-order valence-electron chi connectivity index (χ1n) is 5.64. The van der Waals surface area contributed by atoms with Crippen LogP contribution in [0.3, 0.4) is 0 Å². The Morgan fingerprint density at radius 2 is 2.21 bits per heavy atom. The number of hydrogen-bond donors (Lipinski definition) is 1. The highest BCUT2D eigenvalue weighted by molar-refractivity contribution is 7.10. The first kappa shape index (κ1) is 10.2. The number of nitrogens with two attached hydrogens (primary N) is 1. The van der Waals surface area contributed by atoms with Crippen LogP contribution in [0.1, 0.15) is 49.1 Å². The molecule has 0 saturated heterocycles. The summed E-state index contributed by atoms with van der Waals surface area (Å²) in [6, 6.07) is 2.54. The molecule has 1 fully saturated rings. The summed E-state index contributed by atoms with van der Waals surface area (Å²) < 4.78 is 0. The van der Waals surface area contributed by atoms with Crippen molar-refractivity contribution >= 4 is 11.3 Å². The van der Waals surface area contributed by atoms with Gasteiger partial charge in [-0.2, -0.15) is 0 Å². The Kier molecular flexibility index (Phi) is 3.24. The largest absolute Gasteiger partial charge is 0.323 e.